The molecule has 0 bridgehead atoms. The molecule has 0 spiro atoms. The summed E-state index contributed by atoms with van der Waals surface area (Å²) in [4.78, 5) is 3.62. The van der Waals surface area contributed by atoms with Crippen LogP contribution in [-0.4, -0.2) is 6.54 Å². The van der Waals surface area contributed by atoms with Gasteiger partial charge in [-0.3, -0.25) is 0 Å². The highest BCUT2D eigenvalue weighted by Crippen LogP contribution is 2.45. The lowest BCUT2D eigenvalue weighted by atomic mass is 10.2. The van der Waals surface area contributed by atoms with Gasteiger partial charge in [0.05, 0.1) is 10.7 Å². The van der Waals surface area contributed by atoms with Crippen LogP contribution in [0.15, 0.2) is 76.7 Å². The van der Waals surface area contributed by atoms with Crippen molar-refractivity contribution in [3.8, 4) is 11.8 Å². The van der Waals surface area contributed by atoms with E-state index in [1.165, 1.54) is 26.5 Å². The Hall–Kier alpha value is -2.57. The van der Waals surface area contributed by atoms with E-state index in [1.807, 2.05) is 6.08 Å². The lowest BCUT2D eigenvalue weighted by molar-refractivity contribution is -2.00. The minimum absolute atomic E-state index is 0.906. The van der Waals surface area contributed by atoms with Crippen LogP contribution in [-0.2, 0) is 6.54 Å². The molecule has 1 aliphatic rings. The first-order chi connectivity index (χ1) is 14.8. The zero-order valence-electron chi connectivity index (χ0n) is 17.1. The summed E-state index contributed by atoms with van der Waals surface area (Å²) in [5, 5.41) is 2.45. The predicted molar refractivity (Wildman–Crippen MR) is 110 cm³/mol. The van der Waals surface area contributed by atoms with Gasteiger partial charge in [0.2, 0.25) is 5.52 Å². The molecule has 0 unspecified atom stereocenters. The molecule has 160 valence electrons. The number of pyridine rings is 1. The second kappa shape index (κ2) is 10.2. The first-order valence-corrected chi connectivity index (χ1v) is 11.7. The number of benzene rings is 2. The number of anilines is 1. The van der Waals surface area contributed by atoms with Crippen LogP contribution in [0, 0.1) is 22.1 Å². The van der Waals surface area contributed by atoms with E-state index < -0.39 is 10.2 Å². The fourth-order valence-corrected chi connectivity index (χ4v) is 4.48. The lowest BCUT2D eigenvalue weighted by Gasteiger charge is -2.17. The molecule has 0 atom stereocenters. The van der Waals surface area contributed by atoms with Crippen LogP contribution < -0.4 is 28.1 Å². The molecule has 4 rings (SSSR count). The third-order valence-corrected chi connectivity index (χ3v) is 5.72. The number of rotatable bonds is 2. The molecule has 1 aromatic heterocycles. The maximum absolute atomic E-state index is 8.49. The number of halogens is 1. The molecule has 2 heterocycles. The fraction of sp³-hybridized carbons (Fsp3) is 0.174. The Morgan fingerprint density at radius 3 is 2.35 bits per heavy atom. The molecular weight excluding hydrogens is 436 g/mol. The monoisotopic (exact) mass is 456 g/mol. The minimum atomic E-state index is -4.94. The van der Waals surface area contributed by atoms with E-state index in [0.29, 0.717) is 0 Å². The van der Waals surface area contributed by atoms with Crippen LogP contribution in [0.5, 0.6) is 0 Å². The van der Waals surface area contributed by atoms with Gasteiger partial charge < -0.3 is 4.90 Å². The molecule has 0 fully saturated rings. The van der Waals surface area contributed by atoms with Crippen LogP contribution in [0.4, 0.5) is 5.69 Å². The van der Waals surface area contributed by atoms with Gasteiger partial charge in [-0.2, -0.15) is 4.57 Å². The van der Waals surface area contributed by atoms with Crippen molar-refractivity contribution in [2.24, 2.45) is 0 Å². The number of hydrogen-bond acceptors (Lipinski definition) is 6. The van der Waals surface area contributed by atoms with Crippen molar-refractivity contribution in [2.75, 3.05) is 11.4 Å². The normalized spacial score (nSPS) is 14.0. The molecule has 0 N–H and O–H groups in total. The van der Waals surface area contributed by atoms with Crippen molar-refractivity contribution >= 4 is 28.4 Å². The maximum Gasteiger partial charge on any atom is 0.257 e. The summed E-state index contributed by atoms with van der Waals surface area (Å²) in [7, 11) is -4.94. The van der Waals surface area contributed by atoms with E-state index in [4.69, 9.17) is 18.6 Å². The molecule has 2 aromatic carbocycles. The first-order valence-electron chi connectivity index (χ1n) is 9.61. The first kappa shape index (κ1) is 23.1. The van der Waals surface area contributed by atoms with Crippen LogP contribution in [0.2, 0.25) is 0 Å². The van der Waals surface area contributed by atoms with Gasteiger partial charge in [0.1, 0.15) is 6.54 Å². The Morgan fingerprint density at radius 2 is 1.65 bits per heavy atom. The van der Waals surface area contributed by atoms with Gasteiger partial charge >= 0.3 is 0 Å². The van der Waals surface area contributed by atoms with Crippen molar-refractivity contribution < 1.29 is 33.4 Å². The molecule has 1 aliphatic heterocycles. The Bertz CT molecular complexity index is 1160. The molecule has 0 saturated carbocycles. The van der Waals surface area contributed by atoms with Crippen molar-refractivity contribution in [2.45, 2.75) is 25.3 Å². The van der Waals surface area contributed by atoms with Gasteiger partial charge in [0.25, 0.3) is 5.69 Å². The number of para-hydroxylation sites is 2. The maximum atomic E-state index is 8.49. The van der Waals surface area contributed by atoms with Crippen molar-refractivity contribution in [1.82, 2.24) is 0 Å². The summed E-state index contributed by atoms with van der Waals surface area (Å²) >= 11 is 1.79. The molecule has 31 heavy (non-hydrogen) atoms. The zero-order chi connectivity index (χ0) is 22.4. The van der Waals surface area contributed by atoms with Gasteiger partial charge in [-0.1, -0.05) is 41.9 Å². The molecule has 0 saturated heterocycles. The van der Waals surface area contributed by atoms with Gasteiger partial charge in [0, 0.05) is 41.0 Å². The second-order valence-corrected chi connectivity index (χ2v) is 8.28. The van der Waals surface area contributed by atoms with E-state index >= 15 is 0 Å². The van der Waals surface area contributed by atoms with Gasteiger partial charge in [-0.05, 0) is 38.1 Å². The zero-order valence-corrected chi connectivity index (χ0v) is 18.7. The number of aromatic nitrogens is 1. The number of aryl methyl sites for hydroxylation is 1. The van der Waals surface area contributed by atoms with Crippen molar-refractivity contribution in [1.29, 1.82) is 0 Å². The number of hydrogen-bond donors (Lipinski definition) is 0. The summed E-state index contributed by atoms with van der Waals surface area (Å²) in [5.41, 5.74) is 3.56. The quantitative estimate of drug-likeness (QED) is 0.404. The SMILES string of the molecule is CCN1/C(=C\C#Cc2ccc3ccccc3[n+]2CC)Sc2ccccc21.[O-][Cl+3]([O-])([O-])[O-]. The van der Waals surface area contributed by atoms with E-state index in [0.717, 1.165) is 18.8 Å². The largest absolute Gasteiger partial charge is 0.335 e. The molecule has 0 aliphatic carbocycles. The van der Waals surface area contributed by atoms with Gasteiger partial charge in [-0.15, -0.1) is 10.2 Å². The number of fused-ring (bicyclic) bond motifs is 2. The van der Waals surface area contributed by atoms with E-state index in [-0.39, 0.29) is 0 Å². The van der Waals surface area contributed by atoms with E-state index in [9.17, 15) is 0 Å². The summed E-state index contributed by atoms with van der Waals surface area (Å²) in [6, 6.07) is 21.3. The highest BCUT2D eigenvalue weighted by Gasteiger charge is 2.22. The summed E-state index contributed by atoms with van der Waals surface area (Å²) in [5.74, 6) is 6.64. The number of thioether (sulfide) groups is 1. The topological polar surface area (TPSA) is 99.4 Å². The van der Waals surface area contributed by atoms with Gasteiger partial charge in [0.15, 0.2) is 0 Å². The summed E-state index contributed by atoms with van der Waals surface area (Å²) in [6.45, 7) is 6.20. The third kappa shape index (κ3) is 5.99. The Kier molecular flexibility index (Phi) is 7.57. The van der Waals surface area contributed by atoms with Crippen LogP contribution in [0.25, 0.3) is 10.9 Å². The average molecular weight is 457 g/mol. The lowest BCUT2D eigenvalue weighted by Crippen LogP contribution is -2.68. The fourth-order valence-electron chi connectivity index (χ4n) is 3.37. The highest BCUT2D eigenvalue weighted by molar-refractivity contribution is 8.03. The number of nitrogens with zero attached hydrogens (tertiary/aromatic N) is 2. The minimum Gasteiger partial charge on any atom is -0.335 e. The summed E-state index contributed by atoms with van der Waals surface area (Å²) < 4.78 is 36.2. The third-order valence-electron chi connectivity index (χ3n) is 4.60. The molecule has 0 radical (unpaired) electrons. The molecular formula is C23H21ClN2O4S. The van der Waals surface area contributed by atoms with Crippen LogP contribution in [0.3, 0.4) is 0 Å². The molecule has 6 nitrogen and oxygen atoms in total. The van der Waals surface area contributed by atoms with Crippen molar-refractivity contribution in [3.05, 3.63) is 77.5 Å². The molecule has 0 amide bonds. The smallest absolute Gasteiger partial charge is 0.257 e. The van der Waals surface area contributed by atoms with Crippen LogP contribution >= 0.6 is 11.8 Å². The number of allylic oxidation sites excluding steroid dienone is 1. The summed E-state index contributed by atoms with van der Waals surface area (Å²) in [6.07, 6.45) is 2.04. The Balaban J connectivity index is 0.000000491. The van der Waals surface area contributed by atoms with E-state index in [1.54, 1.807) is 11.8 Å². The predicted octanol–water partition coefficient (Wildman–Crippen LogP) is 0.216. The Morgan fingerprint density at radius 1 is 0.968 bits per heavy atom. The second-order valence-electron chi connectivity index (χ2n) is 6.47. The van der Waals surface area contributed by atoms with Crippen molar-refractivity contribution in [3.63, 3.8) is 0 Å². The average Bonchev–Trinajstić information content (AvgIpc) is 3.09. The highest BCUT2D eigenvalue weighted by atomic mass is 35.7. The standard InChI is InChI=1S/C23H21N2S.ClHO4/c1-3-24-19(17-16-18-10-5-6-12-20(18)24)11-9-15-23-25(4-2)21-13-7-8-14-22(21)26-23;2-1(3,4)5/h5-8,10,12-17H,3-4H2,1-2H3;(H,2,3,4,5)/q+1;/p-1. The Labute approximate surface area is 187 Å². The van der Waals surface area contributed by atoms with Crippen LogP contribution in [0.1, 0.15) is 19.5 Å². The van der Waals surface area contributed by atoms with E-state index in [2.05, 4.69) is 95.8 Å². The van der Waals surface area contributed by atoms with Gasteiger partial charge in [-0.25, -0.2) is 18.6 Å². The molecule has 8 heteroatoms. The molecule has 3 aromatic rings.